The minimum absolute atomic E-state index is 0.0863. The molecule has 0 aliphatic rings. The summed E-state index contributed by atoms with van der Waals surface area (Å²) in [5.41, 5.74) is 1.39. The summed E-state index contributed by atoms with van der Waals surface area (Å²) < 4.78 is 28.3. The fourth-order valence-corrected chi connectivity index (χ4v) is 9.93. The van der Waals surface area contributed by atoms with Crippen LogP contribution in [0.15, 0.2) is 139 Å². The molecule has 0 saturated heterocycles. The van der Waals surface area contributed by atoms with Crippen LogP contribution in [0.4, 0.5) is 0 Å². The number of unbranched alkanes of at least 4 members (excludes halogenated alkanes) is 1. The first-order valence-corrected chi connectivity index (χ1v) is 17.1. The maximum Gasteiger partial charge on any atom is 0.121 e. The van der Waals surface area contributed by atoms with Gasteiger partial charge in [-0.15, -0.1) is 0 Å². The van der Waals surface area contributed by atoms with Crippen LogP contribution in [0.2, 0.25) is 0 Å². The highest BCUT2D eigenvalue weighted by atomic mass is 32.2. The second kappa shape index (κ2) is 16.3. The smallest absolute Gasteiger partial charge is 0.121 e. The Balaban J connectivity index is 0.000000840. The van der Waals surface area contributed by atoms with Gasteiger partial charge in [-0.05, 0) is 82.5 Å². The molecule has 0 atom stereocenters. The van der Waals surface area contributed by atoms with E-state index in [1.165, 1.54) is 28.4 Å². The highest BCUT2D eigenvalue weighted by Gasteiger charge is 2.58. The predicted molar refractivity (Wildman–Crippen MR) is 176 cm³/mol. The molecule has 212 valence electrons. The standard InChI is InChI=1S/C33H38P.C2H6O3S/c1-5-6-7-8-9-10-11-15-22-29(2)33(3,4)34(30-23-16-12-17-24-30,31-25-18-13-19-26-31)32-27-20-14-21-28-32;1-2-6(3,4)5/h5-6,9-28H,7-8H2,1-4H3;2H2,1H3,(H,3,4,5)/q+1;/p-1. The third-order valence-corrected chi connectivity index (χ3v) is 13.0. The molecule has 3 nitrogen and oxygen atoms in total. The van der Waals surface area contributed by atoms with Crippen LogP contribution < -0.4 is 15.9 Å². The van der Waals surface area contributed by atoms with E-state index in [4.69, 9.17) is 0 Å². The van der Waals surface area contributed by atoms with E-state index in [-0.39, 0.29) is 10.9 Å². The van der Waals surface area contributed by atoms with Crippen molar-refractivity contribution in [3.8, 4) is 0 Å². The molecule has 0 N–H and O–H groups in total. The van der Waals surface area contributed by atoms with Crippen molar-refractivity contribution in [3.05, 3.63) is 139 Å². The molecule has 0 heterocycles. The van der Waals surface area contributed by atoms with Crippen LogP contribution in [-0.2, 0) is 10.1 Å². The molecule has 0 aliphatic heterocycles. The number of rotatable bonds is 11. The van der Waals surface area contributed by atoms with E-state index in [2.05, 4.69) is 161 Å². The fourth-order valence-electron chi connectivity index (χ4n) is 4.64. The molecule has 3 rings (SSSR count). The van der Waals surface area contributed by atoms with Crippen LogP contribution in [-0.4, -0.2) is 23.9 Å². The lowest BCUT2D eigenvalue weighted by Gasteiger charge is -2.41. The lowest BCUT2D eigenvalue weighted by Crippen LogP contribution is -2.45. The summed E-state index contributed by atoms with van der Waals surface area (Å²) in [6.45, 7) is 10.5. The Hall–Kier alpha value is -3.04. The fraction of sp³-hybridized carbons (Fsp3) is 0.257. The lowest BCUT2D eigenvalue weighted by atomic mass is 10.0. The Bertz CT molecular complexity index is 1280. The summed E-state index contributed by atoms with van der Waals surface area (Å²) in [4.78, 5) is 0. The topological polar surface area (TPSA) is 57.2 Å². The Morgan fingerprint density at radius 2 is 1.15 bits per heavy atom. The Kier molecular flexibility index (Phi) is 13.5. The van der Waals surface area contributed by atoms with Crippen molar-refractivity contribution in [2.45, 2.75) is 52.6 Å². The zero-order valence-electron chi connectivity index (χ0n) is 24.4. The zero-order chi connectivity index (χ0) is 29.5. The van der Waals surface area contributed by atoms with Gasteiger partial charge < -0.3 is 4.55 Å². The maximum atomic E-state index is 9.44. The van der Waals surface area contributed by atoms with Crippen molar-refractivity contribution >= 4 is 33.3 Å². The Labute approximate surface area is 243 Å². The van der Waals surface area contributed by atoms with Gasteiger partial charge in [0.25, 0.3) is 0 Å². The normalized spacial score (nSPS) is 13.1. The van der Waals surface area contributed by atoms with E-state index < -0.39 is 17.4 Å². The van der Waals surface area contributed by atoms with Gasteiger partial charge in [0.2, 0.25) is 0 Å². The molecule has 0 fully saturated rings. The first kappa shape index (κ1) is 33.2. The summed E-state index contributed by atoms with van der Waals surface area (Å²) in [6, 6.07) is 33.4. The van der Waals surface area contributed by atoms with Gasteiger partial charge in [0, 0.05) is 5.75 Å². The highest BCUT2D eigenvalue weighted by Crippen LogP contribution is 2.67. The molecule has 0 bridgehead atoms. The Morgan fingerprint density at radius 1 is 0.750 bits per heavy atom. The van der Waals surface area contributed by atoms with Gasteiger partial charge in [-0.25, -0.2) is 8.42 Å². The van der Waals surface area contributed by atoms with Crippen LogP contribution in [0.1, 0.15) is 47.5 Å². The molecule has 0 unspecified atom stereocenters. The monoisotopic (exact) mass is 574 g/mol. The van der Waals surface area contributed by atoms with Gasteiger partial charge in [-0.2, -0.15) is 0 Å². The van der Waals surface area contributed by atoms with Gasteiger partial charge in [-0.1, -0.05) is 104 Å². The van der Waals surface area contributed by atoms with Crippen molar-refractivity contribution in [1.82, 2.24) is 0 Å². The van der Waals surface area contributed by atoms with E-state index in [1.807, 2.05) is 0 Å². The first-order valence-electron chi connectivity index (χ1n) is 13.7. The van der Waals surface area contributed by atoms with Crippen molar-refractivity contribution in [2.24, 2.45) is 0 Å². The third-order valence-electron chi connectivity index (χ3n) is 7.03. The molecule has 0 saturated carbocycles. The largest absolute Gasteiger partial charge is 0.748 e. The molecule has 0 spiro atoms. The molecule has 5 heteroatoms. The van der Waals surface area contributed by atoms with Gasteiger partial charge in [0.05, 0.1) is 10.1 Å². The van der Waals surface area contributed by atoms with Crippen molar-refractivity contribution in [3.63, 3.8) is 0 Å². The zero-order valence-corrected chi connectivity index (χ0v) is 26.1. The summed E-state index contributed by atoms with van der Waals surface area (Å²) in [6.07, 6.45) is 17.5. The number of benzene rings is 3. The highest BCUT2D eigenvalue weighted by molar-refractivity contribution is 7.97. The SMILES string of the molecule is CC=CCCC=CC=CC=C(C)C(C)(C)[P+](c1ccccc1)(c1ccccc1)c1ccccc1.CCS(=O)(=O)[O-]. The van der Waals surface area contributed by atoms with Crippen molar-refractivity contribution in [2.75, 3.05) is 5.75 Å². The molecular weight excluding hydrogens is 531 g/mol. The van der Waals surface area contributed by atoms with E-state index >= 15 is 0 Å². The van der Waals surface area contributed by atoms with Crippen LogP contribution in [0.5, 0.6) is 0 Å². The first-order chi connectivity index (χ1) is 19.1. The van der Waals surface area contributed by atoms with Gasteiger partial charge in [0.15, 0.2) is 0 Å². The quantitative estimate of drug-likeness (QED) is 0.0774. The van der Waals surface area contributed by atoms with E-state index in [0.29, 0.717) is 0 Å². The molecule has 0 amide bonds. The third kappa shape index (κ3) is 8.99. The predicted octanol–water partition coefficient (Wildman–Crippen LogP) is 7.73. The van der Waals surface area contributed by atoms with Crippen LogP contribution in [0.25, 0.3) is 0 Å². The maximum absolute atomic E-state index is 9.44. The molecule has 0 radical (unpaired) electrons. The number of hydrogen-bond donors (Lipinski definition) is 0. The summed E-state index contributed by atoms with van der Waals surface area (Å²) in [7, 11) is -5.93. The van der Waals surface area contributed by atoms with Crippen LogP contribution in [0, 0.1) is 0 Å². The number of hydrogen-bond acceptors (Lipinski definition) is 3. The van der Waals surface area contributed by atoms with Crippen LogP contribution in [0.3, 0.4) is 0 Å². The molecule has 3 aromatic carbocycles. The van der Waals surface area contributed by atoms with Gasteiger partial charge in [0.1, 0.15) is 28.3 Å². The second-order valence-electron chi connectivity index (χ2n) is 9.89. The minimum atomic E-state index is -3.91. The Morgan fingerprint density at radius 3 is 1.52 bits per heavy atom. The molecular formula is C35H43O3PS. The summed E-state index contributed by atoms with van der Waals surface area (Å²) in [5, 5.41) is 4.16. The second-order valence-corrected chi connectivity index (χ2v) is 15.6. The van der Waals surface area contributed by atoms with E-state index in [9.17, 15) is 13.0 Å². The minimum Gasteiger partial charge on any atom is -0.748 e. The van der Waals surface area contributed by atoms with Gasteiger partial charge in [-0.3, -0.25) is 0 Å². The van der Waals surface area contributed by atoms with Crippen LogP contribution >= 0.6 is 7.26 Å². The lowest BCUT2D eigenvalue weighted by molar-refractivity contribution is 0.464. The number of allylic oxidation sites excluding steroid dienone is 8. The molecule has 0 aliphatic carbocycles. The summed E-state index contributed by atoms with van der Waals surface area (Å²) in [5.74, 6) is -0.312. The average molecular weight is 575 g/mol. The molecule has 0 aromatic heterocycles. The van der Waals surface area contributed by atoms with E-state index in [1.54, 1.807) is 0 Å². The average Bonchev–Trinajstić information content (AvgIpc) is 2.96. The van der Waals surface area contributed by atoms with E-state index in [0.717, 1.165) is 12.8 Å². The van der Waals surface area contributed by atoms with Gasteiger partial charge >= 0.3 is 0 Å². The molecule has 40 heavy (non-hydrogen) atoms. The van der Waals surface area contributed by atoms with Crippen molar-refractivity contribution in [1.29, 1.82) is 0 Å². The summed E-state index contributed by atoms with van der Waals surface area (Å²) >= 11 is 0. The molecule has 3 aromatic rings. The van der Waals surface area contributed by atoms with Crippen molar-refractivity contribution < 1.29 is 13.0 Å².